The Morgan fingerprint density at radius 2 is 1.61 bits per heavy atom. The van der Waals surface area contributed by atoms with E-state index in [2.05, 4.69) is 16.2 Å². The van der Waals surface area contributed by atoms with Gasteiger partial charge in [0.1, 0.15) is 0 Å². The normalized spacial score (nSPS) is 11.3. The van der Waals surface area contributed by atoms with Crippen LogP contribution in [0.3, 0.4) is 0 Å². The largest absolute Gasteiger partial charge is 0.331 e. The second-order valence-corrected chi connectivity index (χ2v) is 10.8. The summed E-state index contributed by atoms with van der Waals surface area (Å²) >= 11 is 5.34. The molecule has 0 spiro atoms. The smallest absolute Gasteiger partial charge is 0.270 e. The van der Waals surface area contributed by atoms with Crippen molar-refractivity contribution in [2.24, 2.45) is 0 Å². The van der Waals surface area contributed by atoms with Crippen molar-refractivity contribution in [1.82, 2.24) is 20.1 Å². The fourth-order valence-electron chi connectivity index (χ4n) is 3.56. The Kier molecular flexibility index (Phi) is 7.30. The summed E-state index contributed by atoms with van der Waals surface area (Å²) in [5.74, 6) is -0.393. The minimum Gasteiger partial charge on any atom is -0.331 e. The number of anilines is 1. The minimum absolute atomic E-state index is 0.104. The minimum atomic E-state index is -3.61. The number of fused-ring (bicyclic) bond motifs is 1. The number of rotatable bonds is 5. The topological polar surface area (TPSA) is 103 Å². The van der Waals surface area contributed by atoms with Crippen LogP contribution in [-0.4, -0.2) is 42.8 Å². The number of aromatic nitrogens is 1. The lowest BCUT2D eigenvalue weighted by atomic mass is 10.0. The number of sulfonamides is 1. The number of hydrazine groups is 1. The van der Waals surface area contributed by atoms with E-state index in [9.17, 15) is 13.2 Å². The van der Waals surface area contributed by atoms with E-state index in [4.69, 9.17) is 17.2 Å². The molecule has 0 saturated heterocycles. The third kappa shape index (κ3) is 5.35. The summed E-state index contributed by atoms with van der Waals surface area (Å²) in [6.07, 6.45) is 0. The van der Waals surface area contributed by atoms with Crippen LogP contribution in [0.4, 0.5) is 5.69 Å². The van der Waals surface area contributed by atoms with Gasteiger partial charge in [0.05, 0.1) is 21.7 Å². The molecule has 0 atom stereocenters. The van der Waals surface area contributed by atoms with Crippen LogP contribution in [0.25, 0.3) is 22.2 Å². The highest BCUT2D eigenvalue weighted by Crippen LogP contribution is 2.25. The highest BCUT2D eigenvalue weighted by molar-refractivity contribution is 7.89. The van der Waals surface area contributed by atoms with Crippen LogP contribution in [0.15, 0.2) is 83.8 Å². The summed E-state index contributed by atoms with van der Waals surface area (Å²) in [6, 6.07) is 23.5. The molecule has 1 amide bonds. The second kappa shape index (κ2) is 10.4. The van der Waals surface area contributed by atoms with E-state index in [0.29, 0.717) is 27.8 Å². The average molecular weight is 520 g/mol. The molecule has 4 aromatic rings. The Morgan fingerprint density at radius 3 is 2.33 bits per heavy atom. The Bertz CT molecular complexity index is 1550. The van der Waals surface area contributed by atoms with Crippen molar-refractivity contribution in [2.45, 2.75) is 11.8 Å². The highest BCUT2D eigenvalue weighted by Gasteiger charge is 2.19. The third-order valence-electron chi connectivity index (χ3n) is 5.56. The van der Waals surface area contributed by atoms with Gasteiger partial charge in [-0.2, -0.15) is 0 Å². The molecule has 36 heavy (non-hydrogen) atoms. The number of aryl methyl sites for hydroxylation is 1. The number of hydrogen-bond acceptors (Lipinski definition) is 5. The summed E-state index contributed by atoms with van der Waals surface area (Å²) in [7, 11) is -0.671. The van der Waals surface area contributed by atoms with Crippen LogP contribution in [0.2, 0.25) is 0 Å². The number of nitrogens with zero attached hydrogens (tertiary/aromatic N) is 2. The van der Waals surface area contributed by atoms with E-state index in [1.807, 2.05) is 61.5 Å². The van der Waals surface area contributed by atoms with Gasteiger partial charge in [-0.05, 0) is 49.0 Å². The molecular formula is C26H25N5O3S2. The summed E-state index contributed by atoms with van der Waals surface area (Å²) in [4.78, 5) is 18.0. The molecular weight excluding hydrogens is 494 g/mol. The summed E-state index contributed by atoms with van der Waals surface area (Å²) in [5, 5.41) is 3.76. The predicted molar refractivity (Wildman–Crippen MR) is 146 cm³/mol. The first kappa shape index (κ1) is 25.2. The number of benzene rings is 3. The zero-order chi connectivity index (χ0) is 25.9. The number of pyridine rings is 1. The van der Waals surface area contributed by atoms with Gasteiger partial charge < -0.3 is 5.32 Å². The number of nitrogens with one attached hydrogen (secondary N) is 3. The van der Waals surface area contributed by atoms with Gasteiger partial charge in [0.15, 0.2) is 5.11 Å². The molecule has 0 saturated carbocycles. The first-order valence-electron chi connectivity index (χ1n) is 11.0. The van der Waals surface area contributed by atoms with Gasteiger partial charge >= 0.3 is 0 Å². The molecule has 0 aliphatic rings. The van der Waals surface area contributed by atoms with E-state index in [1.54, 1.807) is 12.1 Å². The summed E-state index contributed by atoms with van der Waals surface area (Å²) < 4.78 is 26.1. The quantitative estimate of drug-likeness (QED) is 0.270. The van der Waals surface area contributed by atoms with Gasteiger partial charge in [-0.15, -0.1) is 0 Å². The molecule has 0 fully saturated rings. The number of hydrogen-bond donors (Lipinski definition) is 3. The van der Waals surface area contributed by atoms with Crippen LogP contribution in [0, 0.1) is 6.92 Å². The third-order valence-corrected chi connectivity index (χ3v) is 7.57. The fourth-order valence-corrected chi connectivity index (χ4v) is 4.65. The summed E-state index contributed by atoms with van der Waals surface area (Å²) in [5.41, 5.74) is 9.32. The molecule has 0 radical (unpaired) electrons. The first-order valence-corrected chi connectivity index (χ1v) is 12.9. The molecule has 184 valence electrons. The van der Waals surface area contributed by atoms with Gasteiger partial charge in [-0.3, -0.25) is 15.6 Å². The number of carbonyl (C=O) groups is 1. The molecule has 8 nitrogen and oxygen atoms in total. The Labute approximate surface area is 215 Å². The van der Waals surface area contributed by atoms with Gasteiger partial charge in [0, 0.05) is 30.7 Å². The fraction of sp³-hybridized carbons (Fsp3) is 0.115. The SMILES string of the molecule is Cc1ccc(S(=O)(=O)N(C)C)cc1NC(=S)NNC(=O)c1cc(-c2ccccc2)nc2ccccc12. The van der Waals surface area contributed by atoms with E-state index in [-0.39, 0.29) is 10.0 Å². The summed E-state index contributed by atoms with van der Waals surface area (Å²) in [6.45, 7) is 1.82. The van der Waals surface area contributed by atoms with Gasteiger partial charge in [-0.1, -0.05) is 54.6 Å². The zero-order valence-electron chi connectivity index (χ0n) is 19.9. The van der Waals surface area contributed by atoms with Crippen molar-refractivity contribution in [2.75, 3.05) is 19.4 Å². The Balaban J connectivity index is 1.54. The molecule has 3 aromatic carbocycles. The van der Waals surface area contributed by atoms with Crippen LogP contribution in [0.5, 0.6) is 0 Å². The maximum atomic E-state index is 13.2. The monoisotopic (exact) mass is 519 g/mol. The van der Waals surface area contributed by atoms with Crippen LogP contribution < -0.4 is 16.2 Å². The van der Waals surface area contributed by atoms with Crippen LogP contribution in [-0.2, 0) is 10.0 Å². The maximum Gasteiger partial charge on any atom is 0.270 e. The molecule has 1 aromatic heterocycles. The second-order valence-electron chi connectivity index (χ2n) is 8.24. The van der Waals surface area contributed by atoms with Gasteiger partial charge in [0.25, 0.3) is 5.91 Å². The number of thiocarbonyl (C=S) groups is 1. The van der Waals surface area contributed by atoms with Crippen molar-refractivity contribution in [3.05, 3.63) is 90.0 Å². The number of amides is 1. The molecule has 0 aliphatic heterocycles. The standard InChI is InChI=1S/C26H25N5O3S2/c1-17-13-14-19(36(33,34)31(2)3)15-23(17)28-26(35)30-29-25(32)21-16-24(18-9-5-4-6-10-18)27-22-12-8-7-11-20(21)22/h4-16H,1-3H3,(H,29,32)(H2,28,30,35). The first-order chi connectivity index (χ1) is 17.2. The lowest BCUT2D eigenvalue weighted by Gasteiger charge is -2.16. The number of para-hydroxylation sites is 1. The molecule has 10 heteroatoms. The molecule has 0 bridgehead atoms. The molecule has 1 heterocycles. The lowest BCUT2D eigenvalue weighted by molar-refractivity contribution is 0.0946. The van der Waals surface area contributed by atoms with E-state index >= 15 is 0 Å². The lowest BCUT2D eigenvalue weighted by Crippen LogP contribution is -2.44. The van der Waals surface area contributed by atoms with Crippen molar-refractivity contribution in [1.29, 1.82) is 0 Å². The van der Waals surface area contributed by atoms with Crippen molar-refractivity contribution >= 4 is 49.9 Å². The maximum absolute atomic E-state index is 13.2. The van der Waals surface area contributed by atoms with E-state index < -0.39 is 15.9 Å². The Morgan fingerprint density at radius 1 is 0.917 bits per heavy atom. The van der Waals surface area contributed by atoms with Gasteiger partial charge in [-0.25, -0.2) is 17.7 Å². The van der Waals surface area contributed by atoms with Crippen LogP contribution >= 0.6 is 12.2 Å². The zero-order valence-corrected chi connectivity index (χ0v) is 21.6. The molecule has 4 rings (SSSR count). The Hall–Kier alpha value is -3.86. The highest BCUT2D eigenvalue weighted by atomic mass is 32.2. The molecule has 3 N–H and O–H groups in total. The van der Waals surface area contributed by atoms with E-state index in [0.717, 1.165) is 15.4 Å². The predicted octanol–water partition coefficient (Wildman–Crippen LogP) is 4.09. The van der Waals surface area contributed by atoms with E-state index in [1.165, 1.54) is 26.2 Å². The van der Waals surface area contributed by atoms with Gasteiger partial charge in [0.2, 0.25) is 10.0 Å². The number of carbonyl (C=O) groups excluding carboxylic acids is 1. The van der Waals surface area contributed by atoms with Crippen molar-refractivity contribution in [3.63, 3.8) is 0 Å². The van der Waals surface area contributed by atoms with Crippen molar-refractivity contribution in [3.8, 4) is 11.3 Å². The van der Waals surface area contributed by atoms with Crippen molar-refractivity contribution < 1.29 is 13.2 Å². The molecule has 0 aliphatic carbocycles. The molecule has 0 unspecified atom stereocenters. The van der Waals surface area contributed by atoms with Crippen LogP contribution in [0.1, 0.15) is 15.9 Å². The average Bonchev–Trinajstić information content (AvgIpc) is 2.88.